The Morgan fingerprint density at radius 3 is 2.58 bits per heavy atom. The lowest BCUT2D eigenvalue weighted by Gasteiger charge is -2.27. The summed E-state index contributed by atoms with van der Waals surface area (Å²) in [7, 11) is 3.53. The predicted octanol–water partition coefficient (Wildman–Crippen LogP) is 3.50. The van der Waals surface area contributed by atoms with Gasteiger partial charge in [-0.2, -0.15) is 0 Å². The second-order valence-electron chi connectivity index (χ2n) is 5.02. The third-order valence-electron chi connectivity index (χ3n) is 3.39. The lowest BCUT2D eigenvalue weighted by atomic mass is 9.97. The molecule has 0 aliphatic heterocycles. The number of para-hydroxylation sites is 1. The Morgan fingerprint density at radius 1 is 1.32 bits per heavy atom. The van der Waals surface area contributed by atoms with Gasteiger partial charge in [0.05, 0.1) is 12.1 Å². The first-order chi connectivity index (χ1) is 9.08. The molecule has 0 fully saturated rings. The van der Waals surface area contributed by atoms with E-state index in [-0.39, 0.29) is 18.0 Å². The highest BCUT2D eigenvalue weighted by atomic mass is 19.1. The standard InChI is InChI=1S/C15H20FNO2/c1-9(2)14(18-4)13(17-3)12-8-10-6-5-7-11(16)15(10)19-12/h5-9,13-14,17H,1-4H3. The summed E-state index contributed by atoms with van der Waals surface area (Å²) in [6.45, 7) is 4.17. The fraction of sp³-hybridized carbons (Fsp3) is 0.467. The van der Waals surface area contributed by atoms with Crippen LogP contribution in [0, 0.1) is 11.7 Å². The quantitative estimate of drug-likeness (QED) is 0.898. The van der Waals surface area contributed by atoms with Crippen LogP contribution < -0.4 is 5.32 Å². The molecule has 0 spiro atoms. The van der Waals surface area contributed by atoms with E-state index in [0.717, 1.165) is 5.39 Å². The summed E-state index contributed by atoms with van der Waals surface area (Å²) in [5.74, 6) is 0.681. The summed E-state index contributed by atoms with van der Waals surface area (Å²) in [6.07, 6.45) is -0.0337. The van der Waals surface area contributed by atoms with Gasteiger partial charge in [0, 0.05) is 12.5 Å². The summed E-state index contributed by atoms with van der Waals surface area (Å²) in [4.78, 5) is 0. The van der Waals surface area contributed by atoms with Crippen LogP contribution in [0.25, 0.3) is 11.0 Å². The van der Waals surface area contributed by atoms with Crippen molar-refractivity contribution in [1.29, 1.82) is 0 Å². The Bertz CT molecular complexity index is 550. The topological polar surface area (TPSA) is 34.4 Å². The molecule has 1 N–H and O–H groups in total. The lowest BCUT2D eigenvalue weighted by Crippen LogP contribution is -2.34. The minimum absolute atomic E-state index is 0.0337. The number of nitrogens with one attached hydrogen (secondary N) is 1. The second kappa shape index (κ2) is 5.72. The molecule has 0 radical (unpaired) electrons. The van der Waals surface area contributed by atoms with E-state index >= 15 is 0 Å². The number of benzene rings is 1. The molecule has 0 amide bonds. The van der Waals surface area contributed by atoms with Gasteiger partial charge >= 0.3 is 0 Å². The highest BCUT2D eigenvalue weighted by molar-refractivity contribution is 5.78. The highest BCUT2D eigenvalue weighted by Crippen LogP contribution is 2.30. The number of methoxy groups -OCH3 is 1. The largest absolute Gasteiger partial charge is 0.456 e. The highest BCUT2D eigenvalue weighted by Gasteiger charge is 2.27. The molecule has 2 unspecified atom stereocenters. The van der Waals surface area contributed by atoms with E-state index in [1.54, 1.807) is 13.2 Å². The molecule has 1 aromatic heterocycles. The van der Waals surface area contributed by atoms with Gasteiger partial charge in [0.2, 0.25) is 0 Å². The van der Waals surface area contributed by atoms with E-state index in [1.165, 1.54) is 6.07 Å². The fourth-order valence-corrected chi connectivity index (χ4v) is 2.46. The van der Waals surface area contributed by atoms with Gasteiger partial charge in [0.1, 0.15) is 5.76 Å². The van der Waals surface area contributed by atoms with Crippen LogP contribution in [0.5, 0.6) is 0 Å². The number of likely N-dealkylation sites (N-methyl/N-ethyl adjacent to an activating group) is 1. The number of rotatable bonds is 5. The molecule has 1 aromatic carbocycles. The van der Waals surface area contributed by atoms with Crippen molar-refractivity contribution in [1.82, 2.24) is 5.32 Å². The van der Waals surface area contributed by atoms with Crippen LogP contribution in [-0.2, 0) is 4.74 Å². The van der Waals surface area contributed by atoms with Crippen molar-refractivity contribution < 1.29 is 13.5 Å². The Labute approximate surface area is 112 Å². The molecule has 0 aliphatic carbocycles. The molecule has 2 atom stereocenters. The van der Waals surface area contributed by atoms with Crippen LogP contribution in [0.4, 0.5) is 4.39 Å². The number of hydrogen-bond donors (Lipinski definition) is 1. The normalized spacial score (nSPS) is 15.1. The van der Waals surface area contributed by atoms with Crippen molar-refractivity contribution in [2.75, 3.05) is 14.2 Å². The van der Waals surface area contributed by atoms with Crippen LogP contribution in [0.1, 0.15) is 25.6 Å². The fourth-order valence-electron chi connectivity index (χ4n) is 2.46. The molecule has 0 saturated carbocycles. The van der Waals surface area contributed by atoms with Gasteiger partial charge in [0.15, 0.2) is 11.4 Å². The molecule has 4 heteroatoms. The summed E-state index contributed by atoms with van der Waals surface area (Å²) in [5, 5.41) is 3.96. The lowest BCUT2D eigenvalue weighted by molar-refractivity contribution is 0.0291. The van der Waals surface area contributed by atoms with Gasteiger partial charge in [-0.25, -0.2) is 4.39 Å². The maximum absolute atomic E-state index is 13.7. The van der Waals surface area contributed by atoms with Crippen molar-refractivity contribution in [3.05, 3.63) is 35.8 Å². The minimum atomic E-state index is -0.336. The molecule has 0 bridgehead atoms. The summed E-state index contributed by atoms with van der Waals surface area (Å²) >= 11 is 0. The number of fused-ring (bicyclic) bond motifs is 1. The Morgan fingerprint density at radius 2 is 2.05 bits per heavy atom. The van der Waals surface area contributed by atoms with Gasteiger partial charge < -0.3 is 14.5 Å². The number of hydrogen-bond acceptors (Lipinski definition) is 3. The molecule has 0 saturated heterocycles. The van der Waals surface area contributed by atoms with Crippen molar-refractivity contribution in [3.8, 4) is 0 Å². The van der Waals surface area contributed by atoms with Crippen LogP contribution in [0.15, 0.2) is 28.7 Å². The van der Waals surface area contributed by atoms with Crippen LogP contribution in [-0.4, -0.2) is 20.3 Å². The van der Waals surface area contributed by atoms with E-state index < -0.39 is 0 Å². The first-order valence-electron chi connectivity index (χ1n) is 6.46. The third kappa shape index (κ3) is 2.65. The zero-order valence-corrected chi connectivity index (χ0v) is 11.7. The average molecular weight is 265 g/mol. The van der Waals surface area contributed by atoms with Crippen molar-refractivity contribution in [2.24, 2.45) is 5.92 Å². The van der Waals surface area contributed by atoms with E-state index in [4.69, 9.17) is 9.15 Å². The summed E-state index contributed by atoms with van der Waals surface area (Å²) in [5.41, 5.74) is 0.302. The monoisotopic (exact) mass is 265 g/mol. The number of furan rings is 1. The van der Waals surface area contributed by atoms with Crippen LogP contribution in [0.2, 0.25) is 0 Å². The van der Waals surface area contributed by atoms with Crippen molar-refractivity contribution in [2.45, 2.75) is 26.0 Å². The SMILES string of the molecule is CNC(c1cc2cccc(F)c2o1)C(OC)C(C)C. The molecule has 0 aliphatic rings. The average Bonchev–Trinajstić information content (AvgIpc) is 2.80. The van der Waals surface area contributed by atoms with E-state index in [1.807, 2.05) is 19.2 Å². The van der Waals surface area contributed by atoms with Gasteiger partial charge in [-0.05, 0) is 25.1 Å². The van der Waals surface area contributed by atoms with E-state index in [2.05, 4.69) is 19.2 Å². The summed E-state index contributed by atoms with van der Waals surface area (Å²) in [6, 6.07) is 6.70. The zero-order valence-electron chi connectivity index (χ0n) is 11.7. The first-order valence-corrected chi connectivity index (χ1v) is 6.46. The molecule has 19 heavy (non-hydrogen) atoms. The Kier molecular flexibility index (Phi) is 4.22. The molecule has 2 aromatic rings. The minimum Gasteiger partial charge on any atom is -0.456 e. The first kappa shape index (κ1) is 14.0. The molecular weight excluding hydrogens is 245 g/mol. The maximum Gasteiger partial charge on any atom is 0.169 e. The smallest absolute Gasteiger partial charge is 0.169 e. The molecule has 3 nitrogen and oxygen atoms in total. The zero-order chi connectivity index (χ0) is 14.0. The van der Waals surface area contributed by atoms with E-state index in [0.29, 0.717) is 17.3 Å². The van der Waals surface area contributed by atoms with E-state index in [9.17, 15) is 4.39 Å². The summed E-state index contributed by atoms with van der Waals surface area (Å²) < 4.78 is 24.9. The second-order valence-corrected chi connectivity index (χ2v) is 5.02. The maximum atomic E-state index is 13.7. The molecule has 1 heterocycles. The van der Waals surface area contributed by atoms with Crippen LogP contribution in [0.3, 0.4) is 0 Å². The Hall–Kier alpha value is -1.39. The van der Waals surface area contributed by atoms with Crippen molar-refractivity contribution >= 4 is 11.0 Å². The van der Waals surface area contributed by atoms with Gasteiger partial charge in [-0.1, -0.05) is 26.0 Å². The van der Waals surface area contributed by atoms with Gasteiger partial charge in [-0.3, -0.25) is 0 Å². The van der Waals surface area contributed by atoms with Gasteiger partial charge in [-0.15, -0.1) is 0 Å². The predicted molar refractivity (Wildman–Crippen MR) is 73.6 cm³/mol. The molecule has 104 valence electrons. The van der Waals surface area contributed by atoms with Gasteiger partial charge in [0.25, 0.3) is 0 Å². The third-order valence-corrected chi connectivity index (χ3v) is 3.39. The van der Waals surface area contributed by atoms with Crippen molar-refractivity contribution in [3.63, 3.8) is 0 Å². The molecular formula is C15H20FNO2. The Balaban J connectivity index is 2.43. The number of ether oxygens (including phenoxy) is 1. The van der Waals surface area contributed by atoms with Crippen LogP contribution >= 0.6 is 0 Å². The number of halogens is 1. The molecule has 2 rings (SSSR count).